The van der Waals surface area contributed by atoms with Crippen LogP contribution >= 0.6 is 11.3 Å². The normalized spacial score (nSPS) is 38.3. The summed E-state index contributed by atoms with van der Waals surface area (Å²) in [6.45, 7) is 7.04. The van der Waals surface area contributed by atoms with Gasteiger partial charge in [-0.15, -0.1) is 11.3 Å². The summed E-state index contributed by atoms with van der Waals surface area (Å²) in [5.41, 5.74) is 1.52. The highest BCUT2D eigenvalue weighted by atomic mass is 32.1. The van der Waals surface area contributed by atoms with Gasteiger partial charge in [-0.3, -0.25) is 4.79 Å². The smallest absolute Gasteiger partial charge is 0.232 e. The molecule has 0 radical (unpaired) electrons. The number of carbonyl (C=O) groups is 1. The van der Waals surface area contributed by atoms with Gasteiger partial charge >= 0.3 is 0 Å². The van der Waals surface area contributed by atoms with E-state index in [0.717, 1.165) is 60.9 Å². The Balaban J connectivity index is 1.32. The molecular formula is C22H32N2OS. The van der Waals surface area contributed by atoms with E-state index in [2.05, 4.69) is 26.1 Å². The molecule has 1 heterocycles. The predicted octanol–water partition coefficient (Wildman–Crippen LogP) is 5.45. The summed E-state index contributed by atoms with van der Waals surface area (Å²) in [5.74, 6) is 3.44. The molecule has 1 N–H and O–H groups in total. The second kappa shape index (κ2) is 5.80. The average molecular weight is 373 g/mol. The van der Waals surface area contributed by atoms with E-state index in [1.54, 1.807) is 11.3 Å². The Labute approximate surface area is 161 Å². The number of aromatic nitrogens is 1. The minimum atomic E-state index is -0.0745. The number of anilines is 1. The first-order valence-corrected chi connectivity index (χ1v) is 11.4. The van der Waals surface area contributed by atoms with Crippen LogP contribution in [0.25, 0.3) is 0 Å². The molecule has 4 heteroatoms. The molecule has 5 aliphatic rings. The van der Waals surface area contributed by atoms with E-state index >= 15 is 0 Å². The van der Waals surface area contributed by atoms with Crippen LogP contribution in [-0.2, 0) is 17.6 Å². The van der Waals surface area contributed by atoms with Crippen LogP contribution in [0.2, 0.25) is 0 Å². The Morgan fingerprint density at radius 3 is 2.31 bits per heavy atom. The number of hydrogen-bond acceptors (Lipinski definition) is 3. The number of thiazole rings is 1. The summed E-state index contributed by atoms with van der Waals surface area (Å²) in [6.07, 6.45) is 10.9. The number of aryl methyl sites for hydroxylation is 1. The van der Waals surface area contributed by atoms with E-state index in [4.69, 9.17) is 4.98 Å². The van der Waals surface area contributed by atoms with Crippen molar-refractivity contribution in [3.63, 3.8) is 0 Å². The van der Waals surface area contributed by atoms with Crippen molar-refractivity contribution < 1.29 is 4.79 Å². The lowest BCUT2D eigenvalue weighted by Crippen LogP contribution is -2.51. The topological polar surface area (TPSA) is 42.0 Å². The summed E-state index contributed by atoms with van der Waals surface area (Å²) < 4.78 is 0. The van der Waals surface area contributed by atoms with Crippen LogP contribution in [0.3, 0.4) is 0 Å². The van der Waals surface area contributed by atoms with Crippen molar-refractivity contribution in [3.05, 3.63) is 10.6 Å². The highest BCUT2D eigenvalue weighted by Gasteiger charge is 2.54. The van der Waals surface area contributed by atoms with Crippen molar-refractivity contribution in [2.45, 2.75) is 78.6 Å². The minimum absolute atomic E-state index is 0.0745. The molecule has 6 rings (SSSR count). The number of fused-ring (bicyclic) bond motifs is 1. The molecule has 1 amide bonds. The molecule has 1 aromatic rings. The molecular weight excluding hydrogens is 340 g/mol. The van der Waals surface area contributed by atoms with E-state index in [1.807, 2.05) is 0 Å². The molecule has 4 bridgehead atoms. The SMILES string of the molecule is CC(C)(C)C1CCc2nc(NC(=O)C34CC5CC(CC(C5)C3)C4)sc2C1. The molecule has 1 unspecified atom stereocenters. The van der Waals surface area contributed by atoms with Crippen LogP contribution in [0.5, 0.6) is 0 Å². The maximum absolute atomic E-state index is 13.3. The molecule has 142 valence electrons. The number of nitrogens with one attached hydrogen (secondary N) is 1. The number of nitrogens with zero attached hydrogens (tertiary/aromatic N) is 1. The molecule has 5 aliphatic carbocycles. The van der Waals surface area contributed by atoms with Crippen LogP contribution in [0.1, 0.15) is 76.3 Å². The van der Waals surface area contributed by atoms with Crippen molar-refractivity contribution >= 4 is 22.4 Å². The predicted molar refractivity (Wildman–Crippen MR) is 106 cm³/mol. The Hall–Kier alpha value is -0.900. The summed E-state index contributed by atoms with van der Waals surface area (Å²) in [5, 5.41) is 4.14. The van der Waals surface area contributed by atoms with E-state index < -0.39 is 0 Å². The Morgan fingerprint density at radius 1 is 1.12 bits per heavy atom. The second-order valence-corrected chi connectivity index (χ2v) is 11.9. The molecule has 1 atom stereocenters. The number of amides is 1. The van der Waals surface area contributed by atoms with Gasteiger partial charge in [-0.1, -0.05) is 20.8 Å². The summed E-state index contributed by atoms with van der Waals surface area (Å²) in [7, 11) is 0. The first kappa shape index (κ1) is 17.2. The Kier molecular flexibility index (Phi) is 3.84. The monoisotopic (exact) mass is 372 g/mol. The van der Waals surface area contributed by atoms with E-state index in [-0.39, 0.29) is 11.3 Å². The van der Waals surface area contributed by atoms with Gasteiger partial charge in [0, 0.05) is 4.88 Å². The summed E-state index contributed by atoms with van der Waals surface area (Å²) >= 11 is 1.74. The van der Waals surface area contributed by atoms with Crippen molar-refractivity contribution in [2.24, 2.45) is 34.5 Å². The van der Waals surface area contributed by atoms with Crippen molar-refractivity contribution in [1.82, 2.24) is 4.98 Å². The standard InChI is InChI=1S/C22H32N2OS/c1-21(2,3)16-4-5-17-18(9-16)26-20(23-17)24-19(25)22-10-13-6-14(11-22)8-15(7-13)12-22/h13-16H,4-12H2,1-3H3,(H,23,24,25). The van der Waals surface area contributed by atoms with Gasteiger partial charge in [-0.2, -0.15) is 0 Å². The lowest BCUT2D eigenvalue weighted by Gasteiger charge is -2.55. The minimum Gasteiger partial charge on any atom is -0.301 e. The lowest BCUT2D eigenvalue weighted by atomic mass is 9.49. The highest BCUT2D eigenvalue weighted by molar-refractivity contribution is 7.15. The van der Waals surface area contributed by atoms with Crippen LogP contribution in [-0.4, -0.2) is 10.9 Å². The van der Waals surface area contributed by atoms with E-state index in [1.165, 1.54) is 36.3 Å². The van der Waals surface area contributed by atoms with Gasteiger partial charge in [-0.25, -0.2) is 4.98 Å². The number of rotatable bonds is 2. The highest BCUT2D eigenvalue weighted by Crippen LogP contribution is 2.60. The van der Waals surface area contributed by atoms with Crippen molar-refractivity contribution in [2.75, 3.05) is 5.32 Å². The third-order valence-electron chi connectivity index (χ3n) is 7.90. The van der Waals surface area contributed by atoms with Gasteiger partial charge < -0.3 is 5.32 Å². The van der Waals surface area contributed by atoms with Crippen LogP contribution < -0.4 is 5.32 Å². The zero-order valence-electron chi connectivity index (χ0n) is 16.4. The van der Waals surface area contributed by atoms with Gasteiger partial charge in [0.15, 0.2) is 5.13 Å². The van der Waals surface area contributed by atoms with Gasteiger partial charge in [0.25, 0.3) is 0 Å². The third kappa shape index (κ3) is 2.83. The maximum atomic E-state index is 13.3. The largest absolute Gasteiger partial charge is 0.301 e. The van der Waals surface area contributed by atoms with Crippen molar-refractivity contribution in [1.29, 1.82) is 0 Å². The zero-order valence-corrected chi connectivity index (χ0v) is 17.3. The Morgan fingerprint density at radius 2 is 1.73 bits per heavy atom. The average Bonchev–Trinajstić information content (AvgIpc) is 2.94. The van der Waals surface area contributed by atoms with Gasteiger partial charge in [-0.05, 0) is 86.9 Å². The first-order chi connectivity index (χ1) is 12.3. The molecule has 4 saturated carbocycles. The fourth-order valence-corrected chi connectivity index (χ4v) is 7.87. The zero-order chi connectivity index (χ0) is 18.1. The molecule has 0 saturated heterocycles. The second-order valence-electron chi connectivity index (χ2n) is 10.8. The molecule has 0 spiro atoms. The lowest BCUT2D eigenvalue weighted by molar-refractivity contribution is -0.140. The summed E-state index contributed by atoms with van der Waals surface area (Å²) in [4.78, 5) is 19.5. The molecule has 26 heavy (non-hydrogen) atoms. The molecule has 4 fully saturated rings. The fraction of sp³-hybridized carbons (Fsp3) is 0.818. The third-order valence-corrected chi connectivity index (χ3v) is 8.94. The van der Waals surface area contributed by atoms with Gasteiger partial charge in [0.2, 0.25) is 5.91 Å². The first-order valence-electron chi connectivity index (χ1n) is 10.6. The van der Waals surface area contributed by atoms with Crippen LogP contribution in [0.4, 0.5) is 5.13 Å². The quantitative estimate of drug-likeness (QED) is 0.750. The Bertz CT molecular complexity index is 694. The van der Waals surface area contributed by atoms with Crippen LogP contribution in [0.15, 0.2) is 0 Å². The molecule has 0 aliphatic heterocycles. The van der Waals surface area contributed by atoms with Gasteiger partial charge in [0.1, 0.15) is 0 Å². The number of carbonyl (C=O) groups excluding carboxylic acids is 1. The van der Waals surface area contributed by atoms with Gasteiger partial charge in [0.05, 0.1) is 11.1 Å². The van der Waals surface area contributed by atoms with E-state index in [0.29, 0.717) is 5.41 Å². The molecule has 1 aromatic heterocycles. The van der Waals surface area contributed by atoms with E-state index in [9.17, 15) is 4.79 Å². The summed E-state index contributed by atoms with van der Waals surface area (Å²) in [6, 6.07) is 0. The van der Waals surface area contributed by atoms with Crippen LogP contribution in [0, 0.1) is 34.5 Å². The fourth-order valence-electron chi connectivity index (χ4n) is 6.79. The number of hydrogen-bond donors (Lipinski definition) is 1. The van der Waals surface area contributed by atoms with Crippen molar-refractivity contribution in [3.8, 4) is 0 Å². The molecule has 0 aromatic carbocycles. The maximum Gasteiger partial charge on any atom is 0.232 e. The molecule has 3 nitrogen and oxygen atoms in total.